The normalized spacial score (nSPS) is 20.5. The molecular formula is C35H39N5O8S. The number of piperidine rings is 1. The van der Waals surface area contributed by atoms with E-state index >= 15 is 0 Å². The van der Waals surface area contributed by atoms with Gasteiger partial charge in [-0.05, 0) is 86.8 Å². The standard InChI is InChI=1S/C35H39N5O8S/c1-22(2)37-34(43)24-15-25-17-28(16-24)47-21-32(41)36-18-23-6-10-27(11-7-23)48-31-20-39(19-30(31)38-35(25)44)49(45,46)29-12-8-26(9-13-29)40-14-4-3-5-33(40)42/h6-13,15-17,22,30-31H,3-5,14,18-21H2,1-2H3,(H,36,41)(H,37,43)(H,38,44)/t30-,31-/m0/s1. The van der Waals surface area contributed by atoms with Gasteiger partial charge in [0.25, 0.3) is 17.7 Å². The van der Waals surface area contributed by atoms with E-state index in [1.807, 2.05) is 0 Å². The van der Waals surface area contributed by atoms with E-state index in [2.05, 4.69) is 16.0 Å². The number of hydrogen-bond acceptors (Lipinski definition) is 8. The summed E-state index contributed by atoms with van der Waals surface area (Å²) in [5.74, 6) is -0.791. The number of nitrogens with one attached hydrogen (secondary N) is 3. The molecule has 3 N–H and O–H groups in total. The molecule has 4 aliphatic rings. The molecule has 4 amide bonds. The molecule has 3 aromatic rings. The molecule has 4 aliphatic heterocycles. The third kappa shape index (κ3) is 7.86. The maximum absolute atomic E-state index is 13.9. The number of anilines is 1. The van der Waals surface area contributed by atoms with Crippen molar-refractivity contribution < 1.29 is 37.1 Å². The molecule has 4 heterocycles. The summed E-state index contributed by atoms with van der Waals surface area (Å²) in [5.41, 5.74) is 1.69. The van der Waals surface area contributed by atoms with Crippen LogP contribution in [0.1, 0.15) is 59.4 Å². The average molecular weight is 690 g/mol. The Labute approximate surface area is 285 Å². The number of amides is 4. The van der Waals surface area contributed by atoms with Crippen LogP contribution in [-0.4, -0.2) is 80.8 Å². The van der Waals surface area contributed by atoms with Crippen LogP contribution in [0.25, 0.3) is 0 Å². The lowest BCUT2D eigenvalue weighted by Gasteiger charge is -2.27. The lowest BCUT2D eigenvalue weighted by Crippen LogP contribution is -2.45. The van der Waals surface area contributed by atoms with Crippen LogP contribution in [0.15, 0.2) is 71.6 Å². The summed E-state index contributed by atoms with van der Waals surface area (Å²) in [4.78, 5) is 53.3. The second-order valence-corrected chi connectivity index (χ2v) is 14.6. The maximum Gasteiger partial charge on any atom is 0.258 e. The number of ether oxygens (including phenoxy) is 2. The molecule has 0 aromatic heterocycles. The number of rotatable bonds is 5. The van der Waals surface area contributed by atoms with Crippen molar-refractivity contribution in [3.05, 3.63) is 83.4 Å². The number of fused-ring (bicyclic) bond motifs is 7. The third-order valence-electron chi connectivity index (χ3n) is 8.58. The molecule has 0 saturated carbocycles. The first-order valence-electron chi connectivity index (χ1n) is 16.3. The maximum atomic E-state index is 13.9. The van der Waals surface area contributed by atoms with E-state index in [0.717, 1.165) is 18.4 Å². The molecule has 2 fully saturated rings. The number of hydrogen-bond donors (Lipinski definition) is 3. The number of carbonyl (C=O) groups excluding carboxylic acids is 4. The number of carbonyl (C=O) groups is 4. The summed E-state index contributed by atoms with van der Waals surface area (Å²) >= 11 is 0. The highest BCUT2D eigenvalue weighted by Gasteiger charge is 2.42. The minimum atomic E-state index is -4.02. The average Bonchev–Trinajstić information content (AvgIpc) is 3.49. The molecule has 13 nitrogen and oxygen atoms in total. The van der Waals surface area contributed by atoms with Gasteiger partial charge in [-0.25, -0.2) is 8.42 Å². The van der Waals surface area contributed by atoms with Crippen molar-refractivity contribution in [3.8, 4) is 11.5 Å². The third-order valence-corrected chi connectivity index (χ3v) is 10.4. The van der Waals surface area contributed by atoms with Gasteiger partial charge in [-0.1, -0.05) is 12.1 Å². The monoisotopic (exact) mass is 689 g/mol. The van der Waals surface area contributed by atoms with Gasteiger partial charge in [0.15, 0.2) is 6.61 Å². The molecule has 49 heavy (non-hydrogen) atoms. The van der Waals surface area contributed by atoms with Gasteiger partial charge in [-0.15, -0.1) is 0 Å². The summed E-state index contributed by atoms with van der Waals surface area (Å²) in [6, 6.07) is 16.6. The van der Waals surface area contributed by atoms with Crippen LogP contribution in [0.2, 0.25) is 0 Å². The lowest BCUT2D eigenvalue weighted by atomic mass is 10.1. The smallest absolute Gasteiger partial charge is 0.258 e. The summed E-state index contributed by atoms with van der Waals surface area (Å²) in [6.45, 7) is 3.95. The van der Waals surface area contributed by atoms with Gasteiger partial charge >= 0.3 is 0 Å². The van der Waals surface area contributed by atoms with E-state index in [4.69, 9.17) is 9.47 Å². The summed E-state index contributed by atoms with van der Waals surface area (Å²) < 4.78 is 41.1. The Kier molecular flexibility index (Phi) is 9.88. The van der Waals surface area contributed by atoms with Crippen LogP contribution in [0.5, 0.6) is 11.5 Å². The van der Waals surface area contributed by atoms with Crippen LogP contribution < -0.4 is 30.3 Å². The molecule has 0 unspecified atom stereocenters. The SMILES string of the molecule is CC(C)NC(=O)c1cc2cc(c1)C(=O)N[C@H]1CN(S(=O)(=O)c3ccc(N4CCCCC4=O)cc3)C[C@@H]1Oc1ccc(cc1)CNC(=O)CO2. The minimum Gasteiger partial charge on any atom is -0.487 e. The van der Waals surface area contributed by atoms with Gasteiger partial charge in [0, 0.05) is 48.9 Å². The largest absolute Gasteiger partial charge is 0.487 e. The molecule has 0 aliphatic carbocycles. The van der Waals surface area contributed by atoms with E-state index in [1.54, 1.807) is 55.1 Å². The Balaban J connectivity index is 1.29. The second kappa shape index (κ2) is 14.3. The Morgan fingerprint density at radius 3 is 2.41 bits per heavy atom. The zero-order valence-corrected chi connectivity index (χ0v) is 28.1. The lowest BCUT2D eigenvalue weighted by molar-refractivity contribution is -0.123. The molecule has 0 spiro atoms. The summed E-state index contributed by atoms with van der Waals surface area (Å²) in [5, 5.41) is 8.49. The van der Waals surface area contributed by atoms with Crippen molar-refractivity contribution in [2.45, 2.75) is 62.7 Å². The van der Waals surface area contributed by atoms with Crippen molar-refractivity contribution in [2.24, 2.45) is 0 Å². The predicted octanol–water partition coefficient (Wildman–Crippen LogP) is 2.60. The fourth-order valence-electron chi connectivity index (χ4n) is 6.02. The van der Waals surface area contributed by atoms with E-state index in [1.165, 1.54) is 34.6 Å². The highest BCUT2D eigenvalue weighted by atomic mass is 32.2. The fraction of sp³-hybridized carbons (Fsp3) is 0.371. The van der Waals surface area contributed by atoms with E-state index in [-0.39, 0.29) is 60.0 Å². The summed E-state index contributed by atoms with van der Waals surface area (Å²) in [7, 11) is -4.02. The van der Waals surface area contributed by atoms with Gasteiger partial charge in [0.05, 0.1) is 17.5 Å². The molecule has 258 valence electrons. The zero-order chi connectivity index (χ0) is 34.7. The molecule has 14 heteroatoms. The number of nitrogens with zero attached hydrogens (tertiary/aromatic N) is 2. The van der Waals surface area contributed by atoms with Crippen LogP contribution in [0.4, 0.5) is 5.69 Å². The van der Waals surface area contributed by atoms with Crippen molar-refractivity contribution >= 4 is 39.3 Å². The molecular weight excluding hydrogens is 650 g/mol. The first-order chi connectivity index (χ1) is 23.5. The zero-order valence-electron chi connectivity index (χ0n) is 27.3. The summed E-state index contributed by atoms with van der Waals surface area (Å²) in [6.07, 6.45) is 1.42. The van der Waals surface area contributed by atoms with Crippen molar-refractivity contribution in [2.75, 3.05) is 31.1 Å². The second-order valence-electron chi connectivity index (χ2n) is 12.6. The van der Waals surface area contributed by atoms with Crippen LogP contribution >= 0.6 is 0 Å². The molecule has 4 bridgehead atoms. The molecule has 0 radical (unpaired) electrons. The highest BCUT2D eigenvalue weighted by molar-refractivity contribution is 7.89. The van der Waals surface area contributed by atoms with Gasteiger partial charge in [-0.2, -0.15) is 4.31 Å². The molecule has 3 aromatic carbocycles. The van der Waals surface area contributed by atoms with E-state index in [0.29, 0.717) is 24.4 Å². The molecule has 2 saturated heterocycles. The van der Waals surface area contributed by atoms with E-state index < -0.39 is 39.9 Å². The van der Waals surface area contributed by atoms with Gasteiger partial charge < -0.3 is 30.3 Å². The number of benzene rings is 3. The first-order valence-corrected chi connectivity index (χ1v) is 17.7. The fourth-order valence-corrected chi connectivity index (χ4v) is 7.50. The Morgan fingerprint density at radius 1 is 0.939 bits per heavy atom. The Hall–Kier alpha value is -4.95. The Bertz CT molecular complexity index is 1850. The first kappa shape index (κ1) is 33.9. The van der Waals surface area contributed by atoms with Gasteiger partial charge in [0.1, 0.15) is 17.6 Å². The van der Waals surface area contributed by atoms with Crippen molar-refractivity contribution in [1.29, 1.82) is 0 Å². The quantitative estimate of drug-likeness (QED) is 0.368. The van der Waals surface area contributed by atoms with E-state index in [9.17, 15) is 27.6 Å². The van der Waals surface area contributed by atoms with Crippen LogP contribution in [0, 0.1) is 0 Å². The topological polar surface area (TPSA) is 163 Å². The van der Waals surface area contributed by atoms with Crippen molar-refractivity contribution in [1.82, 2.24) is 20.3 Å². The van der Waals surface area contributed by atoms with Crippen molar-refractivity contribution in [3.63, 3.8) is 0 Å². The molecule has 7 rings (SSSR count). The Morgan fingerprint density at radius 2 is 1.69 bits per heavy atom. The van der Waals surface area contributed by atoms with Gasteiger partial charge in [-0.3, -0.25) is 19.2 Å². The van der Waals surface area contributed by atoms with Crippen LogP contribution in [0.3, 0.4) is 0 Å². The van der Waals surface area contributed by atoms with Crippen LogP contribution in [-0.2, 0) is 26.2 Å². The molecule has 2 atom stereocenters. The van der Waals surface area contributed by atoms with Gasteiger partial charge in [0.2, 0.25) is 15.9 Å². The minimum absolute atomic E-state index is 0.0136. The number of sulfonamides is 1. The highest BCUT2D eigenvalue weighted by Crippen LogP contribution is 2.28. The predicted molar refractivity (Wildman–Crippen MR) is 180 cm³/mol.